The largest absolute Gasteiger partial charge is 0.507 e. The first kappa shape index (κ1) is 27.0. The number of carbonyl (C=O) groups excluding carboxylic acids is 2. The smallest absolute Gasteiger partial charge is 0.455 e. The number of phenolic OH excluding ortho intramolecular Hbond substituents is 1. The summed E-state index contributed by atoms with van der Waals surface area (Å²) in [5.41, 5.74) is 5.10. The Hall–Kier alpha value is -3.16. The lowest BCUT2D eigenvalue weighted by Gasteiger charge is -2.42. The van der Waals surface area contributed by atoms with Crippen LogP contribution in [0.1, 0.15) is 69.4 Å². The molecule has 0 bridgehead atoms. The number of para-hydroxylation sites is 1. The lowest BCUT2D eigenvalue weighted by molar-refractivity contribution is -0.143. The molecule has 40 heavy (non-hydrogen) atoms. The zero-order valence-corrected chi connectivity index (χ0v) is 23.2. The molecule has 0 spiro atoms. The van der Waals surface area contributed by atoms with Gasteiger partial charge in [0.2, 0.25) is 11.8 Å². The van der Waals surface area contributed by atoms with Crippen LogP contribution in [-0.2, 0) is 14.2 Å². The number of carbonyl (C=O) groups is 2. The van der Waals surface area contributed by atoms with Crippen LogP contribution in [-0.4, -0.2) is 46.1 Å². The van der Waals surface area contributed by atoms with Crippen LogP contribution in [0.5, 0.6) is 5.75 Å². The number of nitrogens with zero attached hydrogens (tertiary/aromatic N) is 1. The Kier molecular flexibility index (Phi) is 7.69. The Bertz CT molecular complexity index is 1330. The van der Waals surface area contributed by atoms with Crippen LogP contribution in [0.3, 0.4) is 0 Å². The first-order valence-corrected chi connectivity index (χ1v) is 14.9. The molecular formula is C33H38BNO5. The Labute approximate surface area is 236 Å². The Morgan fingerprint density at radius 3 is 2.48 bits per heavy atom. The van der Waals surface area contributed by atoms with Gasteiger partial charge in [-0.1, -0.05) is 73.4 Å². The Morgan fingerprint density at radius 2 is 1.73 bits per heavy atom. The molecule has 0 aromatic heterocycles. The molecule has 4 aliphatic rings. The van der Waals surface area contributed by atoms with Gasteiger partial charge in [-0.25, -0.2) is 0 Å². The van der Waals surface area contributed by atoms with Gasteiger partial charge in [-0.15, -0.1) is 0 Å². The topological polar surface area (TPSA) is 87.1 Å². The highest BCUT2D eigenvalue weighted by molar-refractivity contribution is 6.43. The van der Waals surface area contributed by atoms with Crippen LogP contribution >= 0.6 is 0 Å². The summed E-state index contributed by atoms with van der Waals surface area (Å²) in [6.45, 7) is 2.07. The summed E-state index contributed by atoms with van der Waals surface area (Å²) in [5, 5.41) is 21.3. The molecule has 208 valence electrons. The van der Waals surface area contributed by atoms with Gasteiger partial charge in [0, 0.05) is 11.6 Å². The third-order valence-electron chi connectivity index (χ3n) is 9.51. The standard InChI is InChI=1S/C33H38BNO5/c1-21-18-26-31(33(38)35(32(26)37)25-13-6-3-7-14-25)27-20-34(39)40-29(30(21)27)17-16-23(22-10-4-2-5-11-22)19-24-12-8-9-15-28(24)36/h2,4-5,8-12,15,19,25-27,29,31,36,39H,3,6-7,13-14,16-18,20H2,1H3/b23-19-/t26-,27+,29-,31-/m1/s1. The minimum atomic E-state index is -0.973. The highest BCUT2D eigenvalue weighted by atomic mass is 16.5. The number of rotatable bonds is 6. The van der Waals surface area contributed by atoms with Crippen LogP contribution < -0.4 is 0 Å². The number of likely N-dealkylation sites (tertiary alicyclic amines) is 1. The van der Waals surface area contributed by atoms with Crippen molar-refractivity contribution in [2.45, 2.75) is 76.8 Å². The molecule has 2 aliphatic carbocycles. The van der Waals surface area contributed by atoms with E-state index < -0.39 is 13.0 Å². The van der Waals surface area contributed by atoms with Gasteiger partial charge in [0.1, 0.15) is 5.75 Å². The van der Waals surface area contributed by atoms with Gasteiger partial charge in [-0.3, -0.25) is 14.5 Å². The van der Waals surface area contributed by atoms with E-state index in [2.05, 4.69) is 19.1 Å². The molecule has 2 aromatic carbocycles. The van der Waals surface area contributed by atoms with Crippen molar-refractivity contribution in [3.05, 3.63) is 76.9 Å². The normalized spacial score (nSPS) is 27.7. The Balaban J connectivity index is 1.27. The van der Waals surface area contributed by atoms with Crippen LogP contribution in [0.15, 0.2) is 65.7 Å². The molecule has 2 amide bonds. The van der Waals surface area contributed by atoms with Crippen molar-refractivity contribution in [3.63, 3.8) is 0 Å². The fraction of sp³-hybridized carbons (Fsp3) is 0.455. The summed E-state index contributed by atoms with van der Waals surface area (Å²) in [5.74, 6) is -0.720. The first-order valence-electron chi connectivity index (χ1n) is 14.9. The van der Waals surface area contributed by atoms with Crippen molar-refractivity contribution in [1.29, 1.82) is 0 Å². The van der Waals surface area contributed by atoms with E-state index in [1.54, 1.807) is 11.0 Å². The van der Waals surface area contributed by atoms with E-state index in [1.165, 1.54) is 6.42 Å². The number of benzene rings is 2. The van der Waals surface area contributed by atoms with Gasteiger partial charge in [0.15, 0.2) is 0 Å². The van der Waals surface area contributed by atoms with Crippen molar-refractivity contribution in [2.75, 3.05) is 0 Å². The highest BCUT2D eigenvalue weighted by Crippen LogP contribution is 2.51. The molecule has 0 unspecified atom stereocenters. The highest BCUT2D eigenvalue weighted by Gasteiger charge is 2.57. The number of hydrogen-bond donors (Lipinski definition) is 2. The second-order valence-corrected chi connectivity index (χ2v) is 12.0. The van der Waals surface area contributed by atoms with Crippen LogP contribution in [0.4, 0.5) is 0 Å². The van der Waals surface area contributed by atoms with Crippen molar-refractivity contribution in [3.8, 4) is 5.75 Å². The molecule has 2 N–H and O–H groups in total. The molecule has 1 saturated carbocycles. The quantitative estimate of drug-likeness (QED) is 0.208. The van der Waals surface area contributed by atoms with Gasteiger partial charge in [0.25, 0.3) is 0 Å². The molecule has 6 nitrogen and oxygen atoms in total. The molecule has 2 aliphatic heterocycles. The SMILES string of the molecule is CC1=C2[C@@H](CC/C(=C/c3ccccc3O)c3ccccc3)OB(O)C[C@@H]2[C@@H]2C(=O)N(C3CCCCC3)C(=O)[C@@H]2C1. The van der Waals surface area contributed by atoms with Gasteiger partial charge in [-0.2, -0.15) is 0 Å². The van der Waals surface area contributed by atoms with Crippen molar-refractivity contribution in [1.82, 2.24) is 4.90 Å². The van der Waals surface area contributed by atoms with Crippen LogP contribution in [0.25, 0.3) is 11.6 Å². The zero-order valence-electron chi connectivity index (χ0n) is 23.2. The number of amides is 2. The number of aromatic hydroxyl groups is 1. The van der Waals surface area contributed by atoms with Crippen molar-refractivity contribution >= 4 is 30.6 Å². The summed E-state index contributed by atoms with van der Waals surface area (Å²) in [6, 6.07) is 17.4. The van der Waals surface area contributed by atoms with Crippen LogP contribution in [0, 0.1) is 17.8 Å². The first-order chi connectivity index (χ1) is 19.4. The summed E-state index contributed by atoms with van der Waals surface area (Å²) < 4.78 is 6.15. The maximum atomic E-state index is 13.8. The van der Waals surface area contributed by atoms with E-state index >= 15 is 0 Å². The van der Waals surface area contributed by atoms with Gasteiger partial charge in [0.05, 0.1) is 17.9 Å². The lowest BCUT2D eigenvalue weighted by Crippen LogP contribution is -2.46. The van der Waals surface area contributed by atoms with E-state index in [-0.39, 0.29) is 41.5 Å². The molecule has 3 fully saturated rings. The maximum Gasteiger partial charge on any atom is 0.455 e. The second-order valence-electron chi connectivity index (χ2n) is 12.0. The zero-order chi connectivity index (χ0) is 27.8. The summed E-state index contributed by atoms with van der Waals surface area (Å²) in [6.07, 6.45) is 9.00. The monoisotopic (exact) mass is 539 g/mol. The summed E-state index contributed by atoms with van der Waals surface area (Å²) in [4.78, 5) is 29.0. The molecule has 4 atom stereocenters. The number of phenols is 1. The average molecular weight is 539 g/mol. The van der Waals surface area contributed by atoms with Gasteiger partial charge < -0.3 is 14.8 Å². The predicted octanol–water partition coefficient (Wildman–Crippen LogP) is 5.86. The predicted molar refractivity (Wildman–Crippen MR) is 156 cm³/mol. The summed E-state index contributed by atoms with van der Waals surface area (Å²) in [7, 11) is -0.973. The molecule has 2 heterocycles. The van der Waals surface area contributed by atoms with Gasteiger partial charge in [-0.05, 0) is 80.1 Å². The minimum absolute atomic E-state index is 0.00482. The number of hydrogen-bond acceptors (Lipinski definition) is 5. The third kappa shape index (κ3) is 5.06. The van der Waals surface area contributed by atoms with Crippen molar-refractivity contribution in [2.24, 2.45) is 17.8 Å². The Morgan fingerprint density at radius 1 is 1.00 bits per heavy atom. The number of imide groups is 1. The van der Waals surface area contributed by atoms with Crippen molar-refractivity contribution < 1.29 is 24.4 Å². The molecular weight excluding hydrogens is 501 g/mol. The maximum absolute atomic E-state index is 13.8. The van der Waals surface area contributed by atoms with E-state index in [9.17, 15) is 19.7 Å². The average Bonchev–Trinajstić information content (AvgIpc) is 3.21. The third-order valence-corrected chi connectivity index (χ3v) is 9.51. The molecule has 6 rings (SSSR count). The van der Waals surface area contributed by atoms with Crippen LogP contribution in [0.2, 0.25) is 6.32 Å². The minimum Gasteiger partial charge on any atom is -0.507 e. The summed E-state index contributed by atoms with van der Waals surface area (Å²) >= 11 is 0. The molecule has 2 aromatic rings. The van der Waals surface area contributed by atoms with E-state index in [4.69, 9.17) is 4.65 Å². The fourth-order valence-corrected chi connectivity index (χ4v) is 7.68. The second kappa shape index (κ2) is 11.4. The molecule has 0 radical (unpaired) electrons. The number of fused-ring (bicyclic) bond motifs is 3. The van der Waals surface area contributed by atoms with E-state index in [0.29, 0.717) is 25.6 Å². The number of allylic oxidation sites excluding steroid dienone is 2. The molecule has 2 saturated heterocycles. The lowest BCUT2D eigenvalue weighted by atomic mass is 9.58. The van der Waals surface area contributed by atoms with E-state index in [0.717, 1.165) is 53.5 Å². The van der Waals surface area contributed by atoms with Gasteiger partial charge >= 0.3 is 7.12 Å². The fourth-order valence-electron chi connectivity index (χ4n) is 7.68. The van der Waals surface area contributed by atoms with E-state index in [1.807, 2.05) is 42.5 Å². The molecule has 7 heteroatoms.